The Kier molecular flexibility index (Phi) is 5.70. The number of amides is 2. The van der Waals surface area contributed by atoms with E-state index in [0.29, 0.717) is 0 Å². The number of rotatable bonds is 7. The van der Waals surface area contributed by atoms with Gasteiger partial charge in [-0.1, -0.05) is 5.06 Å². The summed E-state index contributed by atoms with van der Waals surface area (Å²) < 4.78 is 23.4. The molecule has 24 heavy (non-hydrogen) atoms. The third-order valence-electron chi connectivity index (χ3n) is 3.43. The van der Waals surface area contributed by atoms with Crippen LogP contribution in [0.2, 0.25) is 0 Å². The normalized spacial score (nSPS) is 22.5. The molecule has 0 aromatic rings. The number of allylic oxidation sites excluding steroid dienone is 2. The summed E-state index contributed by atoms with van der Waals surface area (Å²) in [7, 11) is 0. The molecule has 0 bridgehead atoms. The quantitative estimate of drug-likeness (QED) is 0.351. The number of carbonyl (C=O) groups excluding carboxylic acids is 5. The first kappa shape index (κ1) is 18.1. The van der Waals surface area contributed by atoms with Gasteiger partial charge in [0, 0.05) is 6.42 Å². The van der Waals surface area contributed by atoms with Crippen molar-refractivity contribution in [2.45, 2.75) is 31.8 Å². The molecule has 1 N–H and O–H groups in total. The first-order valence-corrected chi connectivity index (χ1v) is 7.94. The Hall–Kier alpha value is -2.24. The molecule has 2 unspecified atom stereocenters. The number of hydrogen-bond acceptors (Lipinski definition) is 8. The van der Waals surface area contributed by atoms with Crippen LogP contribution in [0.1, 0.15) is 25.7 Å². The molecule has 11 heteroatoms. The second kappa shape index (κ2) is 7.55. The fourth-order valence-electron chi connectivity index (χ4n) is 2.27. The Balaban J connectivity index is 1.79. The highest BCUT2D eigenvalue weighted by Gasteiger charge is 2.43. The zero-order valence-corrected chi connectivity index (χ0v) is 13.0. The lowest BCUT2D eigenvalue weighted by molar-refractivity contribution is -0.198. The number of imide groups is 1. The predicted octanol–water partition coefficient (Wildman–Crippen LogP) is -0.780. The summed E-state index contributed by atoms with van der Waals surface area (Å²) in [5.41, 5.74) is 0. The zero-order valence-electron chi connectivity index (χ0n) is 12.2. The first-order valence-electron chi connectivity index (χ1n) is 6.91. The van der Waals surface area contributed by atoms with Gasteiger partial charge in [-0.05, 0) is 25.0 Å². The summed E-state index contributed by atoms with van der Waals surface area (Å²) >= 11 is -2.74. The van der Waals surface area contributed by atoms with Crippen molar-refractivity contribution in [3.05, 3.63) is 12.2 Å². The highest BCUT2D eigenvalue weighted by molar-refractivity contribution is 7.74. The van der Waals surface area contributed by atoms with Crippen LogP contribution < -0.4 is 0 Å². The second-order valence-electron chi connectivity index (χ2n) is 5.08. The smallest absolute Gasteiger partial charge is 0.330 e. The first-order chi connectivity index (χ1) is 11.3. The fourth-order valence-corrected chi connectivity index (χ4v) is 2.62. The largest absolute Gasteiger partial charge is 0.333 e. The van der Waals surface area contributed by atoms with Crippen LogP contribution in [-0.2, 0) is 44.4 Å². The minimum atomic E-state index is -2.74. The summed E-state index contributed by atoms with van der Waals surface area (Å²) in [4.78, 5) is 62.3. The van der Waals surface area contributed by atoms with E-state index in [-0.39, 0.29) is 35.9 Å². The van der Waals surface area contributed by atoms with Crippen molar-refractivity contribution in [1.82, 2.24) is 5.06 Å². The Morgan fingerprint density at radius 2 is 1.88 bits per heavy atom. The summed E-state index contributed by atoms with van der Waals surface area (Å²) in [6.45, 7) is 0. The van der Waals surface area contributed by atoms with Crippen molar-refractivity contribution in [2.75, 3.05) is 0 Å². The molecule has 2 aliphatic rings. The minimum Gasteiger partial charge on any atom is -0.330 e. The van der Waals surface area contributed by atoms with Gasteiger partial charge in [-0.2, -0.15) is 4.21 Å². The van der Waals surface area contributed by atoms with Gasteiger partial charge in [0.25, 0.3) is 11.8 Å². The van der Waals surface area contributed by atoms with Gasteiger partial charge in [-0.3, -0.25) is 27.9 Å². The van der Waals surface area contributed by atoms with Gasteiger partial charge in [-0.25, -0.2) is 4.79 Å². The number of hydrogen-bond donors (Lipinski definition) is 1. The van der Waals surface area contributed by atoms with E-state index >= 15 is 0 Å². The summed E-state index contributed by atoms with van der Waals surface area (Å²) in [5.74, 6) is -4.29. The van der Waals surface area contributed by atoms with Gasteiger partial charge >= 0.3 is 17.3 Å². The average molecular weight is 359 g/mol. The highest BCUT2D eigenvalue weighted by Crippen LogP contribution is 2.20. The third-order valence-corrected chi connectivity index (χ3v) is 3.82. The SMILES string of the molecule is O=C(CCCC1C(=O)C=CC1=O)ON1C(=O)CC(OS(=O)O)C1=O. The average Bonchev–Trinajstić information content (AvgIpc) is 2.94. The van der Waals surface area contributed by atoms with E-state index in [1.807, 2.05) is 0 Å². The molecule has 2 atom stereocenters. The van der Waals surface area contributed by atoms with E-state index in [2.05, 4.69) is 9.02 Å². The molecular weight excluding hydrogens is 346 g/mol. The van der Waals surface area contributed by atoms with E-state index in [1.165, 1.54) is 12.2 Å². The lowest BCUT2D eigenvalue weighted by Gasteiger charge is -2.13. The van der Waals surface area contributed by atoms with Gasteiger partial charge in [-0.15, -0.1) is 0 Å². The summed E-state index contributed by atoms with van der Waals surface area (Å²) in [6, 6.07) is 0. The van der Waals surface area contributed by atoms with Gasteiger partial charge in [0.1, 0.15) is 0 Å². The van der Waals surface area contributed by atoms with E-state index in [1.54, 1.807) is 0 Å². The molecule has 1 aliphatic carbocycles. The monoisotopic (exact) mass is 359 g/mol. The van der Waals surface area contributed by atoms with Gasteiger partial charge in [0.15, 0.2) is 17.7 Å². The van der Waals surface area contributed by atoms with Crippen LogP contribution in [0.3, 0.4) is 0 Å². The van der Waals surface area contributed by atoms with Gasteiger partial charge < -0.3 is 4.84 Å². The molecule has 0 aromatic carbocycles. The van der Waals surface area contributed by atoms with Crippen LogP contribution in [0.15, 0.2) is 12.2 Å². The zero-order chi connectivity index (χ0) is 17.9. The summed E-state index contributed by atoms with van der Waals surface area (Å²) in [5, 5.41) is 0.188. The van der Waals surface area contributed by atoms with E-state index in [9.17, 15) is 28.2 Å². The van der Waals surface area contributed by atoms with Crippen molar-refractivity contribution >= 4 is 40.7 Å². The maximum atomic E-state index is 11.7. The lowest BCUT2D eigenvalue weighted by atomic mass is 9.98. The van der Waals surface area contributed by atoms with Gasteiger partial charge in [0.2, 0.25) is 0 Å². The molecule has 1 saturated heterocycles. The number of ketones is 2. The fraction of sp³-hybridized carbons (Fsp3) is 0.462. The van der Waals surface area contributed by atoms with Gasteiger partial charge in [0.05, 0.1) is 12.3 Å². The predicted molar refractivity (Wildman–Crippen MR) is 74.7 cm³/mol. The molecule has 0 saturated carbocycles. The maximum absolute atomic E-state index is 11.7. The molecule has 2 rings (SSSR count). The number of hydroxylamine groups is 2. The highest BCUT2D eigenvalue weighted by atomic mass is 32.2. The molecule has 1 heterocycles. The van der Waals surface area contributed by atoms with Crippen molar-refractivity contribution in [3.8, 4) is 0 Å². The maximum Gasteiger partial charge on any atom is 0.333 e. The molecule has 130 valence electrons. The Morgan fingerprint density at radius 1 is 1.25 bits per heavy atom. The molecule has 1 fully saturated rings. The minimum absolute atomic E-state index is 0.150. The molecular formula is C13H13NO9S. The Morgan fingerprint density at radius 3 is 2.46 bits per heavy atom. The Labute approximate surface area is 138 Å². The molecule has 0 spiro atoms. The number of nitrogens with zero attached hydrogens (tertiary/aromatic N) is 1. The van der Waals surface area contributed by atoms with Crippen LogP contribution in [0.4, 0.5) is 0 Å². The van der Waals surface area contributed by atoms with Crippen LogP contribution in [0.5, 0.6) is 0 Å². The second-order valence-corrected chi connectivity index (χ2v) is 5.71. The van der Waals surface area contributed by atoms with E-state index in [4.69, 9.17) is 4.55 Å². The van der Waals surface area contributed by atoms with Crippen molar-refractivity contribution in [3.63, 3.8) is 0 Å². The topological polar surface area (TPSA) is 144 Å². The standard InChI is InChI=1S/C13H13NO9S/c15-8-4-5-9(16)7(8)2-1-3-12(18)22-14-11(17)6-10(13(14)19)23-24(20)21/h4-5,7,10H,1-3,6H2,(H,20,21). The van der Waals surface area contributed by atoms with Crippen LogP contribution in [0, 0.1) is 5.92 Å². The molecule has 0 radical (unpaired) electrons. The lowest BCUT2D eigenvalue weighted by Crippen LogP contribution is -2.35. The van der Waals surface area contributed by atoms with Crippen LogP contribution in [-0.4, -0.2) is 49.3 Å². The van der Waals surface area contributed by atoms with Crippen LogP contribution in [0.25, 0.3) is 0 Å². The molecule has 2 amide bonds. The Bertz CT molecular complexity index is 638. The van der Waals surface area contributed by atoms with E-state index < -0.39 is 47.6 Å². The van der Waals surface area contributed by atoms with E-state index in [0.717, 1.165) is 0 Å². The van der Waals surface area contributed by atoms with Crippen molar-refractivity contribution < 1.29 is 41.8 Å². The molecule has 10 nitrogen and oxygen atoms in total. The summed E-state index contributed by atoms with van der Waals surface area (Å²) in [6.07, 6.45) is 0.434. The van der Waals surface area contributed by atoms with Crippen LogP contribution >= 0.6 is 0 Å². The number of carbonyl (C=O) groups is 5. The van der Waals surface area contributed by atoms with Crippen molar-refractivity contribution in [2.24, 2.45) is 5.92 Å². The molecule has 1 aliphatic heterocycles. The van der Waals surface area contributed by atoms with Crippen molar-refractivity contribution in [1.29, 1.82) is 0 Å². The third kappa shape index (κ3) is 4.19. The molecule has 0 aromatic heterocycles.